The summed E-state index contributed by atoms with van der Waals surface area (Å²) < 4.78 is 16.0. The van der Waals surface area contributed by atoms with Gasteiger partial charge in [0, 0.05) is 17.8 Å². The number of benzene rings is 2. The summed E-state index contributed by atoms with van der Waals surface area (Å²) >= 11 is 0. The Balaban J connectivity index is 1.84. The van der Waals surface area contributed by atoms with Gasteiger partial charge >= 0.3 is 0 Å². The molecule has 21 heavy (non-hydrogen) atoms. The van der Waals surface area contributed by atoms with Crippen molar-refractivity contribution in [2.45, 2.75) is 6.92 Å². The maximum absolute atomic E-state index is 9.84. The SMILES string of the molecule is CCOc1ccc(O)c(C=Nc2ccc3c(c2)OCO3)c1. The molecule has 1 heterocycles. The highest BCUT2D eigenvalue weighted by Crippen LogP contribution is 2.35. The van der Waals surface area contributed by atoms with Gasteiger partial charge in [0.2, 0.25) is 6.79 Å². The first-order chi connectivity index (χ1) is 10.3. The fourth-order valence-corrected chi connectivity index (χ4v) is 2.00. The van der Waals surface area contributed by atoms with Gasteiger partial charge in [-0.05, 0) is 37.3 Å². The molecule has 5 heteroatoms. The van der Waals surface area contributed by atoms with E-state index >= 15 is 0 Å². The van der Waals surface area contributed by atoms with Crippen molar-refractivity contribution in [2.75, 3.05) is 13.4 Å². The molecule has 0 bridgehead atoms. The second kappa shape index (κ2) is 5.75. The number of aromatic hydroxyl groups is 1. The Kier molecular flexibility index (Phi) is 3.64. The van der Waals surface area contributed by atoms with Gasteiger partial charge in [-0.25, -0.2) is 0 Å². The molecule has 0 fully saturated rings. The van der Waals surface area contributed by atoms with E-state index in [4.69, 9.17) is 14.2 Å². The standard InChI is InChI=1S/C16H15NO4/c1-2-19-13-4-5-14(18)11(7-13)9-17-12-3-6-15-16(8-12)21-10-20-15/h3-9,18H,2,10H2,1H3. The number of hydrogen-bond donors (Lipinski definition) is 1. The summed E-state index contributed by atoms with van der Waals surface area (Å²) in [5.74, 6) is 2.25. The minimum absolute atomic E-state index is 0.156. The highest BCUT2D eigenvalue weighted by Gasteiger charge is 2.12. The third kappa shape index (κ3) is 2.91. The zero-order chi connectivity index (χ0) is 14.7. The molecule has 5 nitrogen and oxygen atoms in total. The van der Waals surface area contributed by atoms with Crippen LogP contribution in [-0.4, -0.2) is 24.7 Å². The smallest absolute Gasteiger partial charge is 0.231 e. The van der Waals surface area contributed by atoms with E-state index in [1.807, 2.05) is 19.1 Å². The van der Waals surface area contributed by atoms with Gasteiger partial charge in [-0.2, -0.15) is 0 Å². The highest BCUT2D eigenvalue weighted by molar-refractivity contribution is 5.86. The summed E-state index contributed by atoms with van der Waals surface area (Å²) in [7, 11) is 0. The second-order valence-electron chi connectivity index (χ2n) is 4.45. The van der Waals surface area contributed by atoms with Gasteiger partial charge in [0.15, 0.2) is 11.5 Å². The van der Waals surface area contributed by atoms with Gasteiger partial charge in [0.1, 0.15) is 11.5 Å². The Bertz CT molecular complexity index is 682. The van der Waals surface area contributed by atoms with E-state index in [-0.39, 0.29) is 12.5 Å². The summed E-state index contributed by atoms with van der Waals surface area (Å²) in [4.78, 5) is 4.34. The molecule has 108 valence electrons. The first kappa shape index (κ1) is 13.3. The van der Waals surface area contributed by atoms with Crippen LogP contribution in [0.2, 0.25) is 0 Å². The summed E-state index contributed by atoms with van der Waals surface area (Å²) in [6.45, 7) is 2.72. The maximum atomic E-state index is 9.84. The third-order valence-corrected chi connectivity index (χ3v) is 3.02. The monoisotopic (exact) mass is 285 g/mol. The van der Waals surface area contributed by atoms with E-state index in [1.54, 1.807) is 30.5 Å². The number of fused-ring (bicyclic) bond motifs is 1. The van der Waals surface area contributed by atoms with Crippen LogP contribution in [0.3, 0.4) is 0 Å². The molecular formula is C16H15NO4. The Hall–Kier alpha value is -2.69. The second-order valence-corrected chi connectivity index (χ2v) is 4.45. The molecule has 2 aromatic carbocycles. The predicted octanol–water partition coefficient (Wildman–Crippen LogP) is 3.27. The zero-order valence-electron chi connectivity index (χ0n) is 11.6. The highest BCUT2D eigenvalue weighted by atomic mass is 16.7. The number of nitrogens with zero attached hydrogens (tertiary/aromatic N) is 1. The number of ether oxygens (including phenoxy) is 3. The predicted molar refractivity (Wildman–Crippen MR) is 79.1 cm³/mol. The van der Waals surface area contributed by atoms with Crippen LogP contribution in [0.25, 0.3) is 0 Å². The lowest BCUT2D eigenvalue weighted by atomic mass is 10.2. The van der Waals surface area contributed by atoms with Crippen molar-refractivity contribution in [2.24, 2.45) is 4.99 Å². The first-order valence-corrected chi connectivity index (χ1v) is 6.66. The van der Waals surface area contributed by atoms with E-state index in [9.17, 15) is 5.11 Å². The number of phenolic OH excluding ortho intramolecular Hbond substituents is 1. The normalized spacial score (nSPS) is 12.8. The lowest BCUT2D eigenvalue weighted by Gasteiger charge is -2.05. The van der Waals surface area contributed by atoms with Crippen molar-refractivity contribution in [3.8, 4) is 23.0 Å². The quantitative estimate of drug-likeness (QED) is 0.876. The minimum Gasteiger partial charge on any atom is -0.507 e. The molecule has 1 aliphatic rings. The topological polar surface area (TPSA) is 60.3 Å². The number of hydrogen-bond acceptors (Lipinski definition) is 5. The van der Waals surface area contributed by atoms with Gasteiger partial charge < -0.3 is 19.3 Å². The van der Waals surface area contributed by atoms with Crippen molar-refractivity contribution in [3.05, 3.63) is 42.0 Å². The Labute approximate surface area is 122 Å². The van der Waals surface area contributed by atoms with Crippen LogP contribution >= 0.6 is 0 Å². The van der Waals surface area contributed by atoms with Gasteiger partial charge in [-0.3, -0.25) is 4.99 Å². The lowest BCUT2D eigenvalue weighted by molar-refractivity contribution is 0.174. The zero-order valence-corrected chi connectivity index (χ0v) is 11.6. The molecule has 2 aromatic rings. The summed E-state index contributed by atoms with van der Waals surface area (Å²) in [5.41, 5.74) is 1.32. The van der Waals surface area contributed by atoms with Crippen LogP contribution in [0.5, 0.6) is 23.0 Å². The van der Waals surface area contributed by atoms with Crippen LogP contribution in [0.4, 0.5) is 5.69 Å². The van der Waals surface area contributed by atoms with Gasteiger partial charge in [-0.1, -0.05) is 0 Å². The maximum Gasteiger partial charge on any atom is 0.231 e. The van der Waals surface area contributed by atoms with E-state index in [2.05, 4.69) is 4.99 Å². The number of rotatable bonds is 4. The summed E-state index contributed by atoms with van der Waals surface area (Å²) in [6, 6.07) is 10.5. The van der Waals surface area contributed by atoms with Gasteiger partial charge in [0.25, 0.3) is 0 Å². The largest absolute Gasteiger partial charge is 0.507 e. The lowest BCUT2D eigenvalue weighted by Crippen LogP contribution is -1.92. The molecule has 0 atom stereocenters. The number of phenols is 1. The average molecular weight is 285 g/mol. The Morgan fingerprint density at radius 1 is 1.19 bits per heavy atom. The van der Waals surface area contributed by atoms with Gasteiger partial charge in [-0.15, -0.1) is 0 Å². The van der Waals surface area contributed by atoms with Crippen molar-refractivity contribution < 1.29 is 19.3 Å². The molecule has 0 saturated carbocycles. The van der Waals surface area contributed by atoms with E-state index in [1.165, 1.54) is 0 Å². The van der Waals surface area contributed by atoms with E-state index < -0.39 is 0 Å². The molecule has 0 unspecified atom stereocenters. The fourth-order valence-electron chi connectivity index (χ4n) is 2.00. The molecule has 0 aromatic heterocycles. The molecule has 3 rings (SSSR count). The van der Waals surface area contributed by atoms with Crippen LogP contribution in [0.1, 0.15) is 12.5 Å². The minimum atomic E-state index is 0.156. The molecule has 0 aliphatic carbocycles. The van der Waals surface area contributed by atoms with Crippen LogP contribution < -0.4 is 14.2 Å². The average Bonchev–Trinajstić information content (AvgIpc) is 2.95. The third-order valence-electron chi connectivity index (χ3n) is 3.02. The Morgan fingerprint density at radius 2 is 2.05 bits per heavy atom. The van der Waals surface area contributed by atoms with Gasteiger partial charge in [0.05, 0.1) is 12.3 Å². The van der Waals surface area contributed by atoms with Crippen molar-refractivity contribution in [3.63, 3.8) is 0 Å². The van der Waals surface area contributed by atoms with Crippen LogP contribution in [0.15, 0.2) is 41.4 Å². The first-order valence-electron chi connectivity index (χ1n) is 6.66. The molecule has 0 saturated heterocycles. The van der Waals surface area contributed by atoms with Crippen LogP contribution in [-0.2, 0) is 0 Å². The van der Waals surface area contributed by atoms with Crippen LogP contribution in [0, 0.1) is 0 Å². The van der Waals surface area contributed by atoms with Crippen molar-refractivity contribution >= 4 is 11.9 Å². The van der Waals surface area contributed by atoms with Crippen molar-refractivity contribution in [1.82, 2.24) is 0 Å². The fraction of sp³-hybridized carbons (Fsp3) is 0.188. The molecule has 0 amide bonds. The molecule has 0 spiro atoms. The van der Waals surface area contributed by atoms with E-state index in [0.29, 0.717) is 23.7 Å². The van der Waals surface area contributed by atoms with E-state index in [0.717, 1.165) is 11.4 Å². The summed E-state index contributed by atoms with van der Waals surface area (Å²) in [6.07, 6.45) is 1.59. The summed E-state index contributed by atoms with van der Waals surface area (Å²) in [5, 5.41) is 9.84. The molecule has 1 aliphatic heterocycles. The number of aliphatic imine (C=N–C) groups is 1. The molecule has 0 radical (unpaired) electrons. The molecule has 1 N–H and O–H groups in total. The van der Waals surface area contributed by atoms with Crippen molar-refractivity contribution in [1.29, 1.82) is 0 Å². The Morgan fingerprint density at radius 3 is 2.90 bits per heavy atom. The molecular weight excluding hydrogens is 270 g/mol.